The second kappa shape index (κ2) is 10.1. The molecule has 0 fully saturated rings. The first kappa shape index (κ1) is 19.5. The fourth-order valence-electron chi connectivity index (χ4n) is 1.14. The Balaban J connectivity index is 0. The van der Waals surface area contributed by atoms with Gasteiger partial charge in [-0.2, -0.15) is 0 Å². The molecule has 0 saturated carbocycles. The highest BCUT2D eigenvalue weighted by Crippen LogP contribution is 2.22. The maximum Gasteiger partial charge on any atom is 0.0319 e. The van der Waals surface area contributed by atoms with Crippen molar-refractivity contribution in [1.29, 1.82) is 0 Å². The summed E-state index contributed by atoms with van der Waals surface area (Å²) < 4.78 is 0. The Hall–Kier alpha value is -0.820. The van der Waals surface area contributed by atoms with Gasteiger partial charge in [-0.15, -0.1) is 0 Å². The predicted octanol–water partition coefficient (Wildman–Crippen LogP) is 5.11. The summed E-state index contributed by atoms with van der Waals surface area (Å²) in [5.74, 6) is 1.41. The zero-order valence-electron chi connectivity index (χ0n) is 13.5. The molecule has 0 bridgehead atoms. The van der Waals surface area contributed by atoms with Crippen molar-refractivity contribution >= 4 is 0 Å². The topological polar surface area (TPSA) is 20.2 Å². The van der Waals surface area contributed by atoms with E-state index in [1.165, 1.54) is 5.56 Å². The number of hydrogen-bond acceptors (Lipinski definition) is 1. The Morgan fingerprint density at radius 2 is 1.17 bits per heavy atom. The summed E-state index contributed by atoms with van der Waals surface area (Å²) in [6.45, 7) is 15.6. The molecule has 0 aliphatic carbocycles. The third-order valence-electron chi connectivity index (χ3n) is 2.33. The first-order valence-electron chi connectivity index (χ1n) is 6.71. The zero-order chi connectivity index (χ0) is 14.8. The Bertz CT molecular complexity index is 263. The van der Waals surface area contributed by atoms with E-state index in [9.17, 15) is 0 Å². The average molecular weight is 252 g/mol. The van der Waals surface area contributed by atoms with E-state index in [2.05, 4.69) is 78.8 Å². The SMILES string of the molecule is CC(C)(C)C.CC(C)C(C)c1ccccc1.CO. The van der Waals surface area contributed by atoms with Gasteiger partial charge in [0.15, 0.2) is 0 Å². The molecule has 0 aromatic heterocycles. The average Bonchev–Trinajstić information content (AvgIpc) is 2.29. The lowest BCUT2D eigenvalue weighted by atomic mass is 9.91. The minimum absolute atomic E-state index is 0.500. The van der Waals surface area contributed by atoms with Crippen molar-refractivity contribution in [2.45, 2.75) is 54.4 Å². The molecule has 1 aromatic carbocycles. The van der Waals surface area contributed by atoms with Crippen molar-refractivity contribution in [3.05, 3.63) is 35.9 Å². The van der Waals surface area contributed by atoms with Crippen LogP contribution < -0.4 is 0 Å². The summed E-state index contributed by atoms with van der Waals surface area (Å²) in [5, 5.41) is 7.00. The Morgan fingerprint density at radius 3 is 1.44 bits per heavy atom. The zero-order valence-corrected chi connectivity index (χ0v) is 13.5. The number of rotatable bonds is 2. The highest BCUT2D eigenvalue weighted by molar-refractivity contribution is 5.18. The lowest BCUT2D eigenvalue weighted by molar-refractivity contribution is 0.399. The van der Waals surface area contributed by atoms with E-state index in [0.29, 0.717) is 11.3 Å². The van der Waals surface area contributed by atoms with Crippen LogP contribution in [0.5, 0.6) is 0 Å². The van der Waals surface area contributed by atoms with Crippen molar-refractivity contribution in [3.63, 3.8) is 0 Å². The molecule has 0 spiro atoms. The Labute approximate surface area is 114 Å². The Morgan fingerprint density at radius 1 is 0.833 bits per heavy atom. The van der Waals surface area contributed by atoms with Crippen LogP contribution >= 0.6 is 0 Å². The minimum Gasteiger partial charge on any atom is -0.400 e. The van der Waals surface area contributed by atoms with E-state index < -0.39 is 0 Å². The van der Waals surface area contributed by atoms with Crippen molar-refractivity contribution in [2.75, 3.05) is 7.11 Å². The molecule has 0 aliphatic heterocycles. The highest BCUT2D eigenvalue weighted by Gasteiger charge is 2.07. The van der Waals surface area contributed by atoms with Crippen molar-refractivity contribution < 1.29 is 5.11 Å². The van der Waals surface area contributed by atoms with E-state index in [4.69, 9.17) is 5.11 Å². The summed E-state index contributed by atoms with van der Waals surface area (Å²) in [5.41, 5.74) is 1.95. The van der Waals surface area contributed by atoms with Gasteiger partial charge in [0, 0.05) is 7.11 Å². The lowest BCUT2D eigenvalue weighted by Crippen LogP contribution is -2.00. The van der Waals surface area contributed by atoms with Crippen molar-refractivity contribution in [2.24, 2.45) is 11.3 Å². The van der Waals surface area contributed by atoms with E-state index in [1.54, 1.807) is 0 Å². The Kier molecular flexibility index (Phi) is 11.0. The van der Waals surface area contributed by atoms with Gasteiger partial charge in [0.1, 0.15) is 0 Å². The van der Waals surface area contributed by atoms with Crippen molar-refractivity contribution in [1.82, 2.24) is 0 Å². The van der Waals surface area contributed by atoms with Gasteiger partial charge < -0.3 is 5.11 Å². The first-order valence-corrected chi connectivity index (χ1v) is 6.71. The maximum atomic E-state index is 7.00. The molecule has 0 aliphatic rings. The molecule has 1 N–H and O–H groups in total. The molecule has 1 unspecified atom stereocenters. The van der Waals surface area contributed by atoms with E-state index >= 15 is 0 Å². The van der Waals surface area contributed by atoms with Crippen LogP contribution in [0.15, 0.2) is 30.3 Å². The maximum absolute atomic E-state index is 7.00. The molecular weight excluding hydrogens is 220 g/mol. The van der Waals surface area contributed by atoms with E-state index in [1.807, 2.05) is 0 Å². The molecule has 18 heavy (non-hydrogen) atoms. The van der Waals surface area contributed by atoms with Crippen LogP contribution in [0.25, 0.3) is 0 Å². The predicted molar refractivity (Wildman–Crippen MR) is 83.0 cm³/mol. The number of hydrogen-bond donors (Lipinski definition) is 1. The summed E-state index contributed by atoms with van der Waals surface area (Å²) in [7, 11) is 1.00. The van der Waals surface area contributed by atoms with Gasteiger partial charge in [0.2, 0.25) is 0 Å². The van der Waals surface area contributed by atoms with Gasteiger partial charge in [-0.1, -0.05) is 78.8 Å². The third kappa shape index (κ3) is 13.2. The molecule has 0 amide bonds. The second-order valence-corrected chi connectivity index (χ2v) is 6.44. The number of aliphatic hydroxyl groups excluding tert-OH is 1. The van der Waals surface area contributed by atoms with Gasteiger partial charge in [-0.05, 0) is 22.8 Å². The summed E-state index contributed by atoms with van der Waals surface area (Å²) in [6.07, 6.45) is 0. The van der Waals surface area contributed by atoms with Gasteiger partial charge in [0.05, 0.1) is 0 Å². The third-order valence-corrected chi connectivity index (χ3v) is 2.33. The van der Waals surface area contributed by atoms with Crippen LogP contribution in [0.3, 0.4) is 0 Å². The lowest BCUT2D eigenvalue weighted by Gasteiger charge is -2.15. The fraction of sp³-hybridized carbons (Fsp3) is 0.647. The van der Waals surface area contributed by atoms with Crippen LogP contribution in [-0.4, -0.2) is 12.2 Å². The van der Waals surface area contributed by atoms with Gasteiger partial charge in [-0.25, -0.2) is 0 Å². The van der Waals surface area contributed by atoms with Crippen LogP contribution in [0.1, 0.15) is 59.9 Å². The molecule has 106 valence electrons. The molecule has 0 saturated heterocycles. The fourth-order valence-corrected chi connectivity index (χ4v) is 1.14. The highest BCUT2D eigenvalue weighted by atomic mass is 16.2. The quantitative estimate of drug-likeness (QED) is 0.775. The number of benzene rings is 1. The first-order chi connectivity index (χ1) is 8.22. The van der Waals surface area contributed by atoms with Gasteiger partial charge in [0.25, 0.3) is 0 Å². The van der Waals surface area contributed by atoms with Crippen LogP contribution in [0.4, 0.5) is 0 Å². The second-order valence-electron chi connectivity index (χ2n) is 6.44. The van der Waals surface area contributed by atoms with Gasteiger partial charge >= 0.3 is 0 Å². The van der Waals surface area contributed by atoms with Crippen LogP contribution in [0, 0.1) is 11.3 Å². The normalized spacial score (nSPS) is 11.9. The standard InChI is InChI=1S/C11H16.C5H12.CH4O/c1-9(2)10(3)11-7-5-4-6-8-11;1-5(2,3)4;1-2/h4-10H,1-3H3;1-4H3;2H,1H3. The molecule has 1 aromatic rings. The minimum atomic E-state index is 0.500. The van der Waals surface area contributed by atoms with Gasteiger partial charge in [-0.3, -0.25) is 0 Å². The molecule has 1 atom stereocenters. The molecule has 0 heterocycles. The molecule has 0 radical (unpaired) electrons. The molecular formula is C17H32O. The van der Waals surface area contributed by atoms with Crippen LogP contribution in [-0.2, 0) is 0 Å². The molecule has 1 nitrogen and oxygen atoms in total. The van der Waals surface area contributed by atoms with Crippen molar-refractivity contribution in [3.8, 4) is 0 Å². The number of aliphatic hydroxyl groups is 1. The summed E-state index contributed by atoms with van der Waals surface area (Å²) in [6, 6.07) is 10.7. The summed E-state index contributed by atoms with van der Waals surface area (Å²) in [4.78, 5) is 0. The molecule has 1 rings (SSSR count). The van der Waals surface area contributed by atoms with E-state index in [0.717, 1.165) is 13.0 Å². The largest absolute Gasteiger partial charge is 0.400 e. The van der Waals surface area contributed by atoms with E-state index in [-0.39, 0.29) is 0 Å². The monoisotopic (exact) mass is 252 g/mol. The summed E-state index contributed by atoms with van der Waals surface area (Å²) >= 11 is 0. The van der Waals surface area contributed by atoms with Crippen LogP contribution in [0.2, 0.25) is 0 Å². The molecule has 1 heteroatoms. The smallest absolute Gasteiger partial charge is 0.0319 e.